The van der Waals surface area contributed by atoms with Crippen molar-refractivity contribution in [1.29, 1.82) is 0 Å². The summed E-state index contributed by atoms with van der Waals surface area (Å²) in [7, 11) is 0. The molecule has 0 saturated heterocycles. The summed E-state index contributed by atoms with van der Waals surface area (Å²) in [5, 5.41) is 4.31. The van der Waals surface area contributed by atoms with E-state index in [2.05, 4.69) is 17.2 Å². The number of ketones is 1. The van der Waals surface area contributed by atoms with Crippen molar-refractivity contribution in [3.63, 3.8) is 0 Å². The molecule has 5 heteroatoms. The molecular formula is C23H24N2O3. The van der Waals surface area contributed by atoms with Gasteiger partial charge in [0.2, 0.25) is 0 Å². The fourth-order valence-corrected chi connectivity index (χ4v) is 3.52. The lowest BCUT2D eigenvalue weighted by Crippen LogP contribution is -1.95. The third-order valence-corrected chi connectivity index (χ3v) is 5.07. The fraction of sp³-hybridized carbons (Fsp3) is 0.304. The minimum absolute atomic E-state index is 0.0791. The molecule has 0 saturated carbocycles. The summed E-state index contributed by atoms with van der Waals surface area (Å²) >= 11 is 0. The minimum Gasteiger partial charge on any atom is -0.486 e. The third-order valence-electron chi connectivity index (χ3n) is 5.07. The van der Waals surface area contributed by atoms with Crippen LogP contribution in [0.15, 0.2) is 47.0 Å². The second kappa shape index (κ2) is 7.89. The van der Waals surface area contributed by atoms with E-state index in [0.29, 0.717) is 17.9 Å². The molecule has 0 unspecified atom stereocenters. The molecule has 0 radical (unpaired) electrons. The molecule has 0 spiro atoms. The number of hydrogen-bond acceptors (Lipinski definition) is 4. The Morgan fingerprint density at radius 2 is 2.11 bits per heavy atom. The lowest BCUT2D eigenvalue weighted by Gasteiger charge is -2.06. The van der Waals surface area contributed by atoms with Crippen LogP contribution in [0.4, 0.5) is 0 Å². The second-order valence-corrected chi connectivity index (χ2v) is 7.06. The Labute approximate surface area is 164 Å². The van der Waals surface area contributed by atoms with Gasteiger partial charge in [0.1, 0.15) is 23.9 Å². The zero-order valence-corrected chi connectivity index (χ0v) is 16.3. The van der Waals surface area contributed by atoms with Crippen molar-refractivity contribution in [1.82, 2.24) is 9.78 Å². The van der Waals surface area contributed by atoms with Crippen LogP contribution in [0.3, 0.4) is 0 Å². The molecule has 1 aliphatic carbocycles. The second-order valence-electron chi connectivity index (χ2n) is 7.06. The van der Waals surface area contributed by atoms with Crippen LogP contribution in [-0.2, 0) is 26.0 Å². The van der Waals surface area contributed by atoms with Gasteiger partial charge in [-0.25, -0.2) is 0 Å². The number of aryl methyl sites for hydroxylation is 4. The highest BCUT2D eigenvalue weighted by atomic mass is 16.5. The van der Waals surface area contributed by atoms with E-state index in [9.17, 15) is 4.79 Å². The Balaban J connectivity index is 1.36. The van der Waals surface area contributed by atoms with E-state index in [1.165, 1.54) is 30.0 Å². The molecule has 0 fully saturated rings. The zero-order valence-electron chi connectivity index (χ0n) is 16.3. The van der Waals surface area contributed by atoms with E-state index in [-0.39, 0.29) is 5.78 Å². The highest BCUT2D eigenvalue weighted by Crippen LogP contribution is 2.26. The van der Waals surface area contributed by atoms with Gasteiger partial charge in [0.15, 0.2) is 5.78 Å². The van der Waals surface area contributed by atoms with Crippen LogP contribution in [0, 0.1) is 6.92 Å². The Hall–Kier alpha value is -3.08. The first-order valence-electron chi connectivity index (χ1n) is 9.72. The summed E-state index contributed by atoms with van der Waals surface area (Å²) in [6, 6.07) is 10.0. The summed E-state index contributed by atoms with van der Waals surface area (Å²) in [5.41, 5.74) is 4.17. The highest BCUT2D eigenvalue weighted by Gasteiger charge is 2.12. The molecule has 0 bridgehead atoms. The number of ether oxygens (including phenoxy) is 1. The third kappa shape index (κ3) is 3.93. The maximum Gasteiger partial charge on any atom is 0.189 e. The Morgan fingerprint density at radius 1 is 1.25 bits per heavy atom. The largest absolute Gasteiger partial charge is 0.486 e. The van der Waals surface area contributed by atoms with E-state index in [0.717, 1.165) is 30.2 Å². The quantitative estimate of drug-likeness (QED) is 0.440. The predicted molar refractivity (Wildman–Crippen MR) is 108 cm³/mol. The number of carbonyl (C=O) groups is 1. The molecule has 0 atom stereocenters. The number of fused-ring (bicyclic) bond motifs is 1. The molecular weight excluding hydrogens is 352 g/mol. The highest BCUT2D eigenvalue weighted by molar-refractivity contribution is 6.07. The fourth-order valence-electron chi connectivity index (χ4n) is 3.52. The maximum atomic E-state index is 12.4. The molecule has 2 heterocycles. The topological polar surface area (TPSA) is 57.3 Å². The van der Waals surface area contributed by atoms with Crippen molar-refractivity contribution < 1.29 is 13.9 Å². The standard InChI is InChI=1S/C23H24N2O3/c1-3-25-14-22(16(2)24-25)23(26)12-11-19-9-10-21(28-19)15-27-20-8-7-17-5-4-6-18(17)13-20/h7-14H,3-6,15H2,1-2H3. The molecule has 28 heavy (non-hydrogen) atoms. The predicted octanol–water partition coefficient (Wildman–Crippen LogP) is 4.77. The molecule has 4 rings (SSSR count). The number of allylic oxidation sites excluding steroid dienone is 1. The molecule has 1 aliphatic rings. The number of furan rings is 1. The van der Waals surface area contributed by atoms with Gasteiger partial charge in [-0.2, -0.15) is 5.10 Å². The number of carbonyl (C=O) groups excluding carboxylic acids is 1. The van der Waals surface area contributed by atoms with Crippen LogP contribution in [0.5, 0.6) is 5.75 Å². The van der Waals surface area contributed by atoms with E-state index in [1.54, 1.807) is 17.0 Å². The van der Waals surface area contributed by atoms with Crippen LogP contribution in [0.1, 0.15) is 52.0 Å². The van der Waals surface area contributed by atoms with Crippen LogP contribution in [0.2, 0.25) is 0 Å². The number of aromatic nitrogens is 2. The summed E-state index contributed by atoms with van der Waals surface area (Å²) in [4.78, 5) is 12.4. The molecule has 0 amide bonds. The molecule has 144 valence electrons. The van der Waals surface area contributed by atoms with Gasteiger partial charge in [-0.3, -0.25) is 9.48 Å². The number of hydrogen-bond donors (Lipinski definition) is 0. The first kappa shape index (κ1) is 18.3. The average Bonchev–Trinajstić information content (AvgIpc) is 3.43. The van der Waals surface area contributed by atoms with Gasteiger partial charge in [-0.15, -0.1) is 0 Å². The van der Waals surface area contributed by atoms with Gasteiger partial charge < -0.3 is 9.15 Å². The van der Waals surface area contributed by atoms with Crippen LogP contribution in [-0.4, -0.2) is 15.6 Å². The lowest BCUT2D eigenvalue weighted by molar-refractivity contribution is 0.104. The van der Waals surface area contributed by atoms with E-state index < -0.39 is 0 Å². The molecule has 2 aromatic heterocycles. The van der Waals surface area contributed by atoms with Crippen molar-refractivity contribution in [3.8, 4) is 5.75 Å². The monoisotopic (exact) mass is 376 g/mol. The van der Waals surface area contributed by atoms with Gasteiger partial charge in [-0.05, 0) is 80.7 Å². The van der Waals surface area contributed by atoms with Crippen molar-refractivity contribution in [2.45, 2.75) is 46.3 Å². The Bertz CT molecular complexity index is 1030. The van der Waals surface area contributed by atoms with Gasteiger partial charge in [0.25, 0.3) is 0 Å². The van der Waals surface area contributed by atoms with Crippen molar-refractivity contribution in [3.05, 3.63) is 76.5 Å². The van der Waals surface area contributed by atoms with Gasteiger partial charge in [-0.1, -0.05) is 6.07 Å². The van der Waals surface area contributed by atoms with E-state index in [1.807, 2.05) is 32.0 Å². The van der Waals surface area contributed by atoms with Crippen LogP contribution < -0.4 is 4.74 Å². The Morgan fingerprint density at radius 3 is 2.93 bits per heavy atom. The van der Waals surface area contributed by atoms with Crippen molar-refractivity contribution in [2.75, 3.05) is 0 Å². The van der Waals surface area contributed by atoms with Crippen LogP contribution >= 0.6 is 0 Å². The van der Waals surface area contributed by atoms with Crippen LogP contribution in [0.25, 0.3) is 6.08 Å². The normalized spacial score (nSPS) is 13.2. The van der Waals surface area contributed by atoms with Crippen molar-refractivity contribution >= 4 is 11.9 Å². The van der Waals surface area contributed by atoms with E-state index in [4.69, 9.17) is 9.15 Å². The molecule has 0 N–H and O–H groups in total. The summed E-state index contributed by atoms with van der Waals surface area (Å²) in [5.74, 6) is 2.14. The minimum atomic E-state index is -0.0791. The number of rotatable bonds is 7. The zero-order chi connectivity index (χ0) is 19.5. The first-order valence-corrected chi connectivity index (χ1v) is 9.72. The van der Waals surface area contributed by atoms with E-state index >= 15 is 0 Å². The molecule has 3 aromatic rings. The summed E-state index contributed by atoms with van der Waals surface area (Å²) < 4.78 is 13.4. The Kier molecular flexibility index (Phi) is 5.15. The summed E-state index contributed by atoms with van der Waals surface area (Å²) in [6.45, 7) is 4.94. The molecule has 5 nitrogen and oxygen atoms in total. The average molecular weight is 376 g/mol. The number of benzene rings is 1. The van der Waals surface area contributed by atoms with Gasteiger partial charge in [0, 0.05) is 12.7 Å². The number of nitrogens with zero attached hydrogens (tertiary/aromatic N) is 2. The molecule has 0 aliphatic heterocycles. The SMILES string of the molecule is CCn1cc(C(=O)C=Cc2ccc(COc3ccc4c(c3)CCC4)o2)c(C)n1. The molecule has 1 aromatic carbocycles. The van der Waals surface area contributed by atoms with Crippen molar-refractivity contribution in [2.24, 2.45) is 0 Å². The smallest absolute Gasteiger partial charge is 0.189 e. The van der Waals surface area contributed by atoms with Gasteiger partial charge in [0.05, 0.1) is 11.3 Å². The summed E-state index contributed by atoms with van der Waals surface area (Å²) in [6.07, 6.45) is 8.51. The lowest BCUT2D eigenvalue weighted by atomic mass is 10.1. The first-order chi connectivity index (χ1) is 13.6. The van der Waals surface area contributed by atoms with Gasteiger partial charge >= 0.3 is 0 Å². The maximum absolute atomic E-state index is 12.4.